The summed E-state index contributed by atoms with van der Waals surface area (Å²) < 4.78 is 7.11. The van der Waals surface area contributed by atoms with Crippen LogP contribution in [0.4, 0.5) is 5.69 Å². The number of ether oxygens (including phenoxy) is 1. The number of nitrogens with zero attached hydrogens (tertiary/aromatic N) is 3. The predicted octanol–water partition coefficient (Wildman–Crippen LogP) is 0.982. The molecule has 19 heavy (non-hydrogen) atoms. The maximum atomic E-state index is 12.4. The first-order chi connectivity index (χ1) is 9.06. The average Bonchev–Trinajstić information content (AvgIpc) is 2.80. The molecule has 1 amide bonds. The Morgan fingerprint density at radius 1 is 1.63 bits per heavy atom. The van der Waals surface area contributed by atoms with E-state index in [1.165, 1.54) is 0 Å². The van der Waals surface area contributed by atoms with Gasteiger partial charge in [0, 0.05) is 32.9 Å². The molecule has 1 aromatic rings. The van der Waals surface area contributed by atoms with Gasteiger partial charge in [-0.1, -0.05) is 6.92 Å². The molecule has 2 heterocycles. The quantitative estimate of drug-likeness (QED) is 0.885. The number of methoxy groups -OCH3 is 1. The molecule has 0 bridgehead atoms. The van der Waals surface area contributed by atoms with E-state index in [2.05, 4.69) is 12.0 Å². The molecule has 1 aromatic heterocycles. The SMILES string of the molecule is CCn1cc(N)c(C(=O)N2CCC(C)C(OC)C2)n1. The highest BCUT2D eigenvalue weighted by Crippen LogP contribution is 2.22. The van der Waals surface area contributed by atoms with E-state index in [0.717, 1.165) is 13.0 Å². The summed E-state index contributed by atoms with van der Waals surface area (Å²) in [5, 5.41) is 4.23. The number of anilines is 1. The summed E-state index contributed by atoms with van der Waals surface area (Å²) in [6.07, 6.45) is 2.74. The molecule has 0 saturated carbocycles. The molecule has 6 nitrogen and oxygen atoms in total. The van der Waals surface area contributed by atoms with Gasteiger partial charge in [0.25, 0.3) is 5.91 Å². The van der Waals surface area contributed by atoms with Crippen LogP contribution in [-0.2, 0) is 11.3 Å². The van der Waals surface area contributed by atoms with Crippen molar-refractivity contribution in [3.8, 4) is 0 Å². The minimum absolute atomic E-state index is 0.0900. The van der Waals surface area contributed by atoms with E-state index in [1.54, 1.807) is 22.9 Å². The van der Waals surface area contributed by atoms with Crippen molar-refractivity contribution in [3.63, 3.8) is 0 Å². The Morgan fingerprint density at radius 2 is 2.37 bits per heavy atom. The van der Waals surface area contributed by atoms with Crippen molar-refractivity contribution >= 4 is 11.6 Å². The van der Waals surface area contributed by atoms with Crippen molar-refractivity contribution in [2.24, 2.45) is 5.92 Å². The van der Waals surface area contributed by atoms with Crippen LogP contribution in [0.3, 0.4) is 0 Å². The van der Waals surface area contributed by atoms with Crippen LogP contribution in [0.5, 0.6) is 0 Å². The monoisotopic (exact) mass is 266 g/mol. The average molecular weight is 266 g/mol. The van der Waals surface area contributed by atoms with Gasteiger partial charge >= 0.3 is 0 Å². The molecule has 2 atom stereocenters. The first-order valence-electron chi connectivity index (χ1n) is 6.71. The van der Waals surface area contributed by atoms with Gasteiger partial charge in [0.05, 0.1) is 11.8 Å². The van der Waals surface area contributed by atoms with Crippen LogP contribution in [0, 0.1) is 5.92 Å². The summed E-state index contributed by atoms with van der Waals surface area (Å²) in [6, 6.07) is 0. The molecule has 6 heteroatoms. The van der Waals surface area contributed by atoms with Crippen LogP contribution in [0.15, 0.2) is 6.20 Å². The molecule has 0 aliphatic carbocycles. The number of rotatable bonds is 3. The summed E-state index contributed by atoms with van der Waals surface area (Å²) in [6.45, 7) is 6.16. The van der Waals surface area contributed by atoms with Gasteiger partial charge < -0.3 is 15.4 Å². The van der Waals surface area contributed by atoms with E-state index in [4.69, 9.17) is 10.5 Å². The number of piperidine rings is 1. The third-order valence-electron chi connectivity index (χ3n) is 3.80. The highest BCUT2D eigenvalue weighted by atomic mass is 16.5. The van der Waals surface area contributed by atoms with Crippen LogP contribution in [0.2, 0.25) is 0 Å². The minimum atomic E-state index is -0.0985. The maximum absolute atomic E-state index is 12.4. The number of carbonyl (C=O) groups excluding carboxylic acids is 1. The Kier molecular flexibility index (Phi) is 4.09. The molecule has 1 saturated heterocycles. The van der Waals surface area contributed by atoms with Crippen molar-refractivity contribution in [1.29, 1.82) is 0 Å². The highest BCUT2D eigenvalue weighted by Gasteiger charge is 2.31. The van der Waals surface area contributed by atoms with Crippen LogP contribution in [-0.4, -0.2) is 46.9 Å². The second-order valence-electron chi connectivity index (χ2n) is 5.08. The van der Waals surface area contributed by atoms with Gasteiger partial charge in [-0.3, -0.25) is 9.48 Å². The van der Waals surface area contributed by atoms with Crippen molar-refractivity contribution in [2.45, 2.75) is 32.9 Å². The minimum Gasteiger partial charge on any atom is -0.396 e. The Labute approximate surface area is 113 Å². The third kappa shape index (κ3) is 2.73. The van der Waals surface area contributed by atoms with E-state index < -0.39 is 0 Å². The van der Waals surface area contributed by atoms with Crippen molar-refractivity contribution in [2.75, 3.05) is 25.9 Å². The molecule has 2 N–H and O–H groups in total. The Bertz CT molecular complexity index is 457. The fourth-order valence-corrected chi connectivity index (χ4v) is 2.44. The normalized spacial score (nSPS) is 23.6. The first kappa shape index (κ1) is 13.9. The predicted molar refractivity (Wildman–Crippen MR) is 72.8 cm³/mol. The number of likely N-dealkylation sites (tertiary alicyclic amines) is 1. The Balaban J connectivity index is 2.13. The number of hydrogen-bond donors (Lipinski definition) is 1. The number of hydrogen-bond acceptors (Lipinski definition) is 4. The molecular formula is C13H22N4O2. The summed E-state index contributed by atoms with van der Waals surface area (Å²) in [5.41, 5.74) is 6.65. The van der Waals surface area contributed by atoms with Gasteiger partial charge in [0.15, 0.2) is 5.69 Å². The molecule has 1 aliphatic rings. The fourth-order valence-electron chi connectivity index (χ4n) is 2.44. The third-order valence-corrected chi connectivity index (χ3v) is 3.80. The molecule has 0 radical (unpaired) electrons. The molecule has 1 fully saturated rings. The van der Waals surface area contributed by atoms with Gasteiger partial charge in [-0.05, 0) is 19.3 Å². The van der Waals surface area contributed by atoms with E-state index in [-0.39, 0.29) is 12.0 Å². The van der Waals surface area contributed by atoms with Crippen LogP contribution < -0.4 is 5.73 Å². The number of aryl methyl sites for hydroxylation is 1. The van der Waals surface area contributed by atoms with E-state index in [1.807, 2.05) is 6.92 Å². The van der Waals surface area contributed by atoms with Gasteiger partial charge in [0.2, 0.25) is 0 Å². The standard InChI is InChI=1S/C13H22N4O2/c1-4-17-7-10(14)12(15-17)13(18)16-6-5-9(2)11(8-16)19-3/h7,9,11H,4-6,8,14H2,1-3H3. The Morgan fingerprint density at radius 3 is 2.95 bits per heavy atom. The molecular weight excluding hydrogens is 244 g/mol. The first-order valence-corrected chi connectivity index (χ1v) is 6.71. The summed E-state index contributed by atoms with van der Waals surface area (Å²) in [4.78, 5) is 14.2. The number of nitrogen functional groups attached to an aromatic ring is 1. The lowest BCUT2D eigenvalue weighted by molar-refractivity contribution is -0.00176. The van der Waals surface area contributed by atoms with Gasteiger partial charge in [0.1, 0.15) is 0 Å². The number of nitrogens with two attached hydrogens (primary N) is 1. The zero-order valence-corrected chi connectivity index (χ0v) is 11.8. The highest BCUT2D eigenvalue weighted by molar-refractivity contribution is 5.97. The maximum Gasteiger partial charge on any atom is 0.276 e. The van der Waals surface area contributed by atoms with Crippen molar-refractivity contribution in [3.05, 3.63) is 11.9 Å². The smallest absolute Gasteiger partial charge is 0.276 e. The van der Waals surface area contributed by atoms with Crippen molar-refractivity contribution in [1.82, 2.24) is 14.7 Å². The molecule has 1 aliphatic heterocycles. The van der Waals surface area contributed by atoms with E-state index >= 15 is 0 Å². The molecule has 0 aromatic carbocycles. The Hall–Kier alpha value is -1.56. The number of carbonyl (C=O) groups is 1. The molecule has 2 rings (SSSR count). The summed E-state index contributed by atoms with van der Waals surface area (Å²) in [7, 11) is 1.69. The van der Waals surface area contributed by atoms with Crippen LogP contribution in [0.25, 0.3) is 0 Å². The second kappa shape index (κ2) is 5.61. The van der Waals surface area contributed by atoms with Gasteiger partial charge in [-0.15, -0.1) is 0 Å². The second-order valence-corrected chi connectivity index (χ2v) is 5.08. The summed E-state index contributed by atoms with van der Waals surface area (Å²) >= 11 is 0. The topological polar surface area (TPSA) is 73.4 Å². The number of amides is 1. The zero-order valence-electron chi connectivity index (χ0n) is 11.8. The van der Waals surface area contributed by atoms with Gasteiger partial charge in [-0.2, -0.15) is 5.10 Å². The summed E-state index contributed by atoms with van der Waals surface area (Å²) in [5.74, 6) is 0.373. The van der Waals surface area contributed by atoms with E-state index in [0.29, 0.717) is 30.4 Å². The largest absolute Gasteiger partial charge is 0.396 e. The lowest BCUT2D eigenvalue weighted by Gasteiger charge is -2.35. The number of aromatic nitrogens is 2. The lowest BCUT2D eigenvalue weighted by atomic mass is 9.95. The van der Waals surface area contributed by atoms with Crippen molar-refractivity contribution < 1.29 is 9.53 Å². The fraction of sp³-hybridized carbons (Fsp3) is 0.692. The lowest BCUT2D eigenvalue weighted by Crippen LogP contribution is -2.46. The zero-order chi connectivity index (χ0) is 14.0. The van der Waals surface area contributed by atoms with E-state index in [9.17, 15) is 4.79 Å². The molecule has 0 spiro atoms. The molecule has 2 unspecified atom stereocenters. The van der Waals surface area contributed by atoms with Gasteiger partial charge in [-0.25, -0.2) is 0 Å². The van der Waals surface area contributed by atoms with Crippen LogP contribution in [0.1, 0.15) is 30.8 Å². The van der Waals surface area contributed by atoms with Crippen LogP contribution >= 0.6 is 0 Å². The molecule has 106 valence electrons.